The number of nitrogens with one attached hydrogen (secondary N) is 2. The molecule has 0 aliphatic heterocycles. The molecule has 0 radical (unpaired) electrons. The van der Waals surface area contributed by atoms with E-state index in [1.165, 1.54) is 12.8 Å². The third-order valence-corrected chi connectivity index (χ3v) is 4.89. The maximum Gasteiger partial charge on any atom is 0.241 e. The summed E-state index contributed by atoms with van der Waals surface area (Å²) in [6, 6.07) is 7.46. The minimum absolute atomic E-state index is 0.0114. The molecule has 0 spiro atoms. The fourth-order valence-electron chi connectivity index (χ4n) is 3.03. The zero-order valence-corrected chi connectivity index (χ0v) is 13.8. The predicted octanol–water partition coefficient (Wildman–Crippen LogP) is 4.08. The van der Waals surface area contributed by atoms with Gasteiger partial charge in [-0.2, -0.15) is 0 Å². The monoisotopic (exact) mass is 308 g/mol. The SMILES string of the molecule is C[C@@H]1[C@H](C)CCC[C@H]1N[C@@H](C)C(=O)Nc1cccc(Cl)c1. The van der Waals surface area contributed by atoms with Crippen molar-refractivity contribution in [1.29, 1.82) is 0 Å². The molecule has 1 aromatic rings. The fraction of sp³-hybridized carbons (Fsp3) is 0.588. The molecule has 1 aromatic carbocycles. The number of anilines is 1. The van der Waals surface area contributed by atoms with Crippen molar-refractivity contribution in [3.8, 4) is 0 Å². The summed E-state index contributed by atoms with van der Waals surface area (Å²) in [5.41, 5.74) is 0.742. The van der Waals surface area contributed by atoms with Crippen molar-refractivity contribution in [2.24, 2.45) is 11.8 Å². The lowest BCUT2D eigenvalue weighted by atomic mass is 9.78. The van der Waals surface area contributed by atoms with Crippen molar-refractivity contribution in [3.05, 3.63) is 29.3 Å². The lowest BCUT2D eigenvalue weighted by Crippen LogP contribution is -2.49. The summed E-state index contributed by atoms with van der Waals surface area (Å²) < 4.78 is 0. The average Bonchev–Trinajstić information content (AvgIpc) is 2.44. The van der Waals surface area contributed by atoms with E-state index in [1.807, 2.05) is 19.1 Å². The maximum absolute atomic E-state index is 12.3. The second-order valence-electron chi connectivity index (χ2n) is 6.26. The predicted molar refractivity (Wildman–Crippen MR) is 88.6 cm³/mol. The molecule has 4 heteroatoms. The molecule has 1 amide bonds. The summed E-state index contributed by atoms with van der Waals surface area (Å²) in [5, 5.41) is 7.03. The first kappa shape index (κ1) is 16.3. The maximum atomic E-state index is 12.3. The van der Waals surface area contributed by atoms with Crippen LogP contribution in [0.3, 0.4) is 0 Å². The van der Waals surface area contributed by atoms with Crippen LogP contribution in [0.5, 0.6) is 0 Å². The van der Waals surface area contributed by atoms with Gasteiger partial charge < -0.3 is 10.6 Å². The Hall–Kier alpha value is -1.06. The van der Waals surface area contributed by atoms with Gasteiger partial charge in [0, 0.05) is 16.8 Å². The Kier molecular flexibility index (Phi) is 5.65. The second-order valence-corrected chi connectivity index (χ2v) is 6.70. The number of amides is 1. The third kappa shape index (κ3) is 4.45. The van der Waals surface area contributed by atoms with Crippen LogP contribution in [0.4, 0.5) is 5.69 Å². The standard InChI is InChI=1S/C17H25ClN2O/c1-11-6-4-9-16(12(11)2)19-13(3)17(21)20-15-8-5-7-14(18)10-15/h5,7-8,10-13,16,19H,4,6,9H2,1-3H3,(H,20,21)/t11-,12-,13+,16-/m1/s1. The first-order valence-electron chi connectivity index (χ1n) is 7.80. The molecule has 1 saturated carbocycles. The molecule has 1 aliphatic rings. The topological polar surface area (TPSA) is 41.1 Å². The van der Waals surface area contributed by atoms with Gasteiger partial charge in [-0.1, -0.05) is 44.4 Å². The number of hydrogen-bond donors (Lipinski definition) is 2. The molecule has 0 aromatic heterocycles. The van der Waals surface area contributed by atoms with E-state index in [-0.39, 0.29) is 11.9 Å². The lowest BCUT2D eigenvalue weighted by Gasteiger charge is -2.36. The molecule has 0 heterocycles. The van der Waals surface area contributed by atoms with Gasteiger partial charge in [-0.25, -0.2) is 0 Å². The second kappa shape index (κ2) is 7.28. The number of rotatable bonds is 4. The highest BCUT2D eigenvalue weighted by molar-refractivity contribution is 6.30. The van der Waals surface area contributed by atoms with Crippen LogP contribution < -0.4 is 10.6 Å². The van der Waals surface area contributed by atoms with Crippen molar-refractivity contribution in [3.63, 3.8) is 0 Å². The molecule has 0 unspecified atom stereocenters. The van der Waals surface area contributed by atoms with Gasteiger partial charge in [-0.05, 0) is 43.4 Å². The highest BCUT2D eigenvalue weighted by atomic mass is 35.5. The normalized spacial score (nSPS) is 27.1. The van der Waals surface area contributed by atoms with Gasteiger partial charge in [-0.3, -0.25) is 4.79 Å². The van der Waals surface area contributed by atoms with E-state index in [2.05, 4.69) is 24.5 Å². The summed E-state index contributed by atoms with van der Waals surface area (Å²) >= 11 is 5.93. The quantitative estimate of drug-likeness (QED) is 0.880. The minimum Gasteiger partial charge on any atom is -0.325 e. The van der Waals surface area contributed by atoms with Gasteiger partial charge in [0.25, 0.3) is 0 Å². The van der Waals surface area contributed by atoms with E-state index in [9.17, 15) is 4.79 Å². The number of carbonyl (C=O) groups excluding carboxylic acids is 1. The molecule has 0 saturated heterocycles. The third-order valence-electron chi connectivity index (χ3n) is 4.66. The summed E-state index contributed by atoms with van der Waals surface area (Å²) in [4.78, 5) is 12.3. The minimum atomic E-state index is -0.207. The van der Waals surface area contributed by atoms with Gasteiger partial charge in [0.2, 0.25) is 5.91 Å². The Bertz CT molecular complexity index is 491. The van der Waals surface area contributed by atoms with E-state index in [0.717, 1.165) is 18.0 Å². The molecule has 2 N–H and O–H groups in total. The molecule has 1 fully saturated rings. The summed E-state index contributed by atoms with van der Waals surface area (Å²) in [6.45, 7) is 6.50. The Morgan fingerprint density at radius 2 is 2.10 bits per heavy atom. The largest absolute Gasteiger partial charge is 0.325 e. The molecule has 2 rings (SSSR count). The summed E-state index contributed by atoms with van der Waals surface area (Å²) in [6.07, 6.45) is 3.69. The highest BCUT2D eigenvalue weighted by Gasteiger charge is 2.29. The van der Waals surface area contributed by atoms with Crippen molar-refractivity contribution >= 4 is 23.2 Å². The first-order chi connectivity index (χ1) is 9.97. The van der Waals surface area contributed by atoms with Gasteiger partial charge in [0.15, 0.2) is 0 Å². The number of halogens is 1. The van der Waals surface area contributed by atoms with E-state index in [1.54, 1.807) is 12.1 Å². The zero-order chi connectivity index (χ0) is 15.4. The zero-order valence-electron chi connectivity index (χ0n) is 13.0. The van der Waals surface area contributed by atoms with Crippen molar-refractivity contribution in [2.45, 2.75) is 52.1 Å². The van der Waals surface area contributed by atoms with Crippen LogP contribution in [0, 0.1) is 11.8 Å². The van der Waals surface area contributed by atoms with Crippen molar-refractivity contribution < 1.29 is 4.79 Å². The van der Waals surface area contributed by atoms with Crippen LogP contribution >= 0.6 is 11.6 Å². The van der Waals surface area contributed by atoms with Crippen LogP contribution in [-0.2, 0) is 4.79 Å². The van der Waals surface area contributed by atoms with Crippen molar-refractivity contribution in [1.82, 2.24) is 5.32 Å². The van der Waals surface area contributed by atoms with Gasteiger partial charge >= 0.3 is 0 Å². The fourth-order valence-corrected chi connectivity index (χ4v) is 3.22. The van der Waals surface area contributed by atoms with E-state index in [0.29, 0.717) is 17.0 Å². The highest BCUT2D eigenvalue weighted by Crippen LogP contribution is 2.29. The average molecular weight is 309 g/mol. The van der Waals surface area contributed by atoms with Gasteiger partial charge in [0.05, 0.1) is 6.04 Å². The van der Waals surface area contributed by atoms with E-state index in [4.69, 9.17) is 11.6 Å². The van der Waals surface area contributed by atoms with Crippen LogP contribution in [0.25, 0.3) is 0 Å². The number of carbonyl (C=O) groups is 1. The Morgan fingerprint density at radius 3 is 2.81 bits per heavy atom. The van der Waals surface area contributed by atoms with Crippen LogP contribution in [0.1, 0.15) is 40.0 Å². The molecule has 1 aliphatic carbocycles. The number of hydrogen-bond acceptors (Lipinski definition) is 2. The number of benzene rings is 1. The molecule has 116 valence electrons. The van der Waals surface area contributed by atoms with Crippen LogP contribution in [0.15, 0.2) is 24.3 Å². The smallest absolute Gasteiger partial charge is 0.241 e. The molecular formula is C17H25ClN2O. The molecular weight excluding hydrogens is 284 g/mol. The Morgan fingerprint density at radius 1 is 1.33 bits per heavy atom. The molecule has 3 nitrogen and oxygen atoms in total. The summed E-state index contributed by atoms with van der Waals surface area (Å²) in [7, 11) is 0. The lowest BCUT2D eigenvalue weighted by molar-refractivity contribution is -0.118. The van der Waals surface area contributed by atoms with Gasteiger partial charge in [-0.15, -0.1) is 0 Å². The van der Waals surface area contributed by atoms with Crippen LogP contribution in [0.2, 0.25) is 5.02 Å². The van der Waals surface area contributed by atoms with Crippen LogP contribution in [-0.4, -0.2) is 18.0 Å². The molecule has 4 atom stereocenters. The van der Waals surface area contributed by atoms with Gasteiger partial charge in [0.1, 0.15) is 0 Å². The van der Waals surface area contributed by atoms with E-state index >= 15 is 0 Å². The van der Waals surface area contributed by atoms with E-state index < -0.39 is 0 Å². The van der Waals surface area contributed by atoms with Crippen molar-refractivity contribution in [2.75, 3.05) is 5.32 Å². The molecule has 0 bridgehead atoms. The first-order valence-corrected chi connectivity index (χ1v) is 8.17. The summed E-state index contributed by atoms with van der Waals surface area (Å²) in [5.74, 6) is 1.32. The Balaban J connectivity index is 1.90. The molecule has 21 heavy (non-hydrogen) atoms. The Labute approximate surface area is 132 Å².